The third-order valence-electron chi connectivity index (χ3n) is 1.67. The highest BCUT2D eigenvalue weighted by atomic mass is 32.1. The maximum atomic E-state index is 5.41. The Morgan fingerprint density at radius 1 is 1.58 bits per heavy atom. The lowest BCUT2D eigenvalue weighted by molar-refractivity contribution is 0.326. The molecule has 62 valence electrons. The van der Waals surface area contributed by atoms with E-state index in [1.165, 1.54) is 0 Å². The van der Waals surface area contributed by atoms with Crippen LogP contribution in [0.1, 0.15) is 5.56 Å². The number of aromatic nitrogens is 1. The Morgan fingerprint density at radius 2 is 2.50 bits per heavy atom. The van der Waals surface area contributed by atoms with Gasteiger partial charge in [-0.1, -0.05) is 12.2 Å². The van der Waals surface area contributed by atoms with Crippen LogP contribution < -0.4 is 10.1 Å². The zero-order valence-electron chi connectivity index (χ0n) is 6.41. The number of nitrogens with zero attached hydrogens (tertiary/aromatic N) is 1. The Kier molecular flexibility index (Phi) is 1.91. The van der Waals surface area contributed by atoms with Gasteiger partial charge in [0.15, 0.2) is 0 Å². The van der Waals surface area contributed by atoms with Crippen LogP contribution in [0.25, 0.3) is 0 Å². The Bertz CT molecular complexity index is 314. The predicted molar refractivity (Wildman–Crippen MR) is 49.4 cm³/mol. The molecular weight excluding hydrogens is 172 g/mol. The van der Waals surface area contributed by atoms with Crippen molar-refractivity contribution in [3.8, 4) is 5.75 Å². The highest BCUT2D eigenvalue weighted by Gasteiger charge is 2.11. The van der Waals surface area contributed by atoms with Gasteiger partial charge in [-0.05, 0) is 6.07 Å². The first-order valence-electron chi connectivity index (χ1n) is 3.73. The summed E-state index contributed by atoms with van der Waals surface area (Å²) in [6, 6.07) is 1.86. The molecule has 0 spiro atoms. The van der Waals surface area contributed by atoms with E-state index in [0.717, 1.165) is 22.8 Å². The van der Waals surface area contributed by atoms with Crippen LogP contribution in [0, 0.1) is 0 Å². The van der Waals surface area contributed by atoms with E-state index >= 15 is 0 Å². The summed E-state index contributed by atoms with van der Waals surface area (Å²) in [6.45, 7) is 1.40. The van der Waals surface area contributed by atoms with E-state index in [-0.39, 0.29) is 0 Å². The van der Waals surface area contributed by atoms with Crippen molar-refractivity contribution in [3.63, 3.8) is 0 Å². The minimum Gasteiger partial charge on any atom is -0.489 e. The van der Waals surface area contributed by atoms with E-state index in [1.54, 1.807) is 12.4 Å². The van der Waals surface area contributed by atoms with Gasteiger partial charge in [-0.2, -0.15) is 0 Å². The highest BCUT2D eigenvalue weighted by Crippen LogP contribution is 2.17. The second-order valence-electron chi connectivity index (χ2n) is 2.48. The van der Waals surface area contributed by atoms with Gasteiger partial charge in [-0.25, -0.2) is 0 Å². The van der Waals surface area contributed by atoms with Crippen LogP contribution in [-0.2, 0) is 0 Å². The zero-order chi connectivity index (χ0) is 8.39. The summed E-state index contributed by atoms with van der Waals surface area (Å²) < 4.78 is 5.41. The van der Waals surface area contributed by atoms with E-state index in [1.807, 2.05) is 6.07 Å². The molecule has 0 amide bonds. The molecule has 0 unspecified atom stereocenters. The topological polar surface area (TPSA) is 34.1 Å². The first-order valence-corrected chi connectivity index (χ1v) is 4.14. The van der Waals surface area contributed by atoms with Crippen LogP contribution in [0.2, 0.25) is 0 Å². The van der Waals surface area contributed by atoms with Crippen LogP contribution in [0.4, 0.5) is 0 Å². The first kappa shape index (κ1) is 7.49. The lowest BCUT2D eigenvalue weighted by Gasteiger charge is -2.03. The molecule has 0 saturated carbocycles. The maximum absolute atomic E-state index is 5.41. The first-order chi connectivity index (χ1) is 5.88. The van der Waals surface area contributed by atoms with Crippen LogP contribution in [-0.4, -0.2) is 23.1 Å². The van der Waals surface area contributed by atoms with Crippen molar-refractivity contribution in [2.24, 2.45) is 0 Å². The number of rotatable bonds is 0. The summed E-state index contributed by atoms with van der Waals surface area (Å²) in [7, 11) is 0. The van der Waals surface area contributed by atoms with E-state index in [9.17, 15) is 0 Å². The molecular formula is C8H8N2OS. The summed E-state index contributed by atoms with van der Waals surface area (Å²) >= 11 is 5.13. The van der Waals surface area contributed by atoms with Crippen LogP contribution >= 0.6 is 12.2 Å². The third-order valence-corrected chi connectivity index (χ3v) is 2.04. The van der Waals surface area contributed by atoms with E-state index in [2.05, 4.69) is 10.3 Å². The van der Waals surface area contributed by atoms with Gasteiger partial charge in [-0.3, -0.25) is 4.98 Å². The Balaban J connectivity index is 2.46. The summed E-state index contributed by atoms with van der Waals surface area (Å²) in [5.41, 5.74) is 0.928. The largest absolute Gasteiger partial charge is 0.489 e. The minimum atomic E-state index is 0.638. The van der Waals surface area contributed by atoms with Crippen molar-refractivity contribution in [2.75, 3.05) is 13.2 Å². The number of pyridine rings is 1. The minimum absolute atomic E-state index is 0.638. The summed E-state index contributed by atoms with van der Waals surface area (Å²) in [5, 5.41) is 3.08. The molecule has 0 bridgehead atoms. The molecule has 2 rings (SSSR count). The predicted octanol–water partition coefficient (Wildman–Crippen LogP) is 0.739. The number of thiocarbonyl (C=S) groups is 1. The van der Waals surface area contributed by atoms with Gasteiger partial charge in [0.1, 0.15) is 17.3 Å². The second-order valence-corrected chi connectivity index (χ2v) is 2.88. The fourth-order valence-corrected chi connectivity index (χ4v) is 1.37. The van der Waals surface area contributed by atoms with Gasteiger partial charge in [0.05, 0.1) is 11.8 Å². The Labute approximate surface area is 75.8 Å². The van der Waals surface area contributed by atoms with Gasteiger partial charge >= 0.3 is 0 Å². The normalized spacial score (nSPS) is 15.5. The standard InChI is InChI=1S/C8H8N2OS/c12-8-6-1-2-9-5-7(6)11-4-3-10-8/h1-2,5H,3-4H2,(H,10,12). The second kappa shape index (κ2) is 3.06. The van der Waals surface area contributed by atoms with Crippen molar-refractivity contribution in [1.82, 2.24) is 10.3 Å². The fourth-order valence-electron chi connectivity index (χ4n) is 1.10. The molecule has 1 aliphatic heterocycles. The van der Waals surface area contributed by atoms with Crippen LogP contribution in [0.3, 0.4) is 0 Å². The number of ether oxygens (including phenoxy) is 1. The summed E-state index contributed by atoms with van der Waals surface area (Å²) in [5.74, 6) is 0.771. The molecule has 1 aromatic rings. The fraction of sp³-hybridized carbons (Fsp3) is 0.250. The molecule has 0 saturated heterocycles. The molecule has 1 aromatic heterocycles. The van der Waals surface area contributed by atoms with Crippen molar-refractivity contribution in [1.29, 1.82) is 0 Å². The van der Waals surface area contributed by atoms with Crippen molar-refractivity contribution < 1.29 is 4.74 Å². The van der Waals surface area contributed by atoms with E-state index in [4.69, 9.17) is 17.0 Å². The van der Waals surface area contributed by atoms with Crippen molar-refractivity contribution in [2.45, 2.75) is 0 Å². The molecule has 3 nitrogen and oxygen atoms in total. The molecule has 4 heteroatoms. The SMILES string of the molecule is S=C1NCCOc2cnccc21. The molecule has 0 aromatic carbocycles. The van der Waals surface area contributed by atoms with Gasteiger partial charge in [-0.15, -0.1) is 0 Å². The Hall–Kier alpha value is -1.16. The van der Waals surface area contributed by atoms with Crippen LogP contribution in [0.5, 0.6) is 5.75 Å². The molecule has 1 aliphatic rings. The highest BCUT2D eigenvalue weighted by molar-refractivity contribution is 7.80. The third kappa shape index (κ3) is 1.25. The van der Waals surface area contributed by atoms with Gasteiger partial charge < -0.3 is 10.1 Å². The number of hydrogen-bond donors (Lipinski definition) is 1. The quantitative estimate of drug-likeness (QED) is 0.597. The molecule has 0 radical (unpaired) electrons. The lowest BCUT2D eigenvalue weighted by Crippen LogP contribution is -2.23. The number of hydrogen-bond acceptors (Lipinski definition) is 3. The van der Waals surface area contributed by atoms with Gasteiger partial charge in [0, 0.05) is 12.7 Å². The van der Waals surface area contributed by atoms with E-state index < -0.39 is 0 Å². The average molecular weight is 180 g/mol. The van der Waals surface area contributed by atoms with Gasteiger partial charge in [0.25, 0.3) is 0 Å². The average Bonchev–Trinajstić information content (AvgIpc) is 2.29. The van der Waals surface area contributed by atoms with E-state index in [0.29, 0.717) is 6.61 Å². The monoisotopic (exact) mass is 180 g/mol. The smallest absolute Gasteiger partial charge is 0.147 e. The molecule has 0 atom stereocenters. The summed E-state index contributed by atoms with van der Waals surface area (Å²) in [6.07, 6.45) is 3.40. The van der Waals surface area contributed by atoms with Gasteiger partial charge in [0.2, 0.25) is 0 Å². The molecule has 0 fully saturated rings. The lowest BCUT2D eigenvalue weighted by atomic mass is 10.2. The maximum Gasteiger partial charge on any atom is 0.147 e. The summed E-state index contributed by atoms with van der Waals surface area (Å²) in [4.78, 5) is 4.70. The molecule has 12 heavy (non-hydrogen) atoms. The Morgan fingerprint density at radius 3 is 3.42 bits per heavy atom. The number of fused-ring (bicyclic) bond motifs is 1. The zero-order valence-corrected chi connectivity index (χ0v) is 7.23. The van der Waals surface area contributed by atoms with Crippen molar-refractivity contribution in [3.05, 3.63) is 24.0 Å². The molecule has 0 aliphatic carbocycles. The number of nitrogens with one attached hydrogen (secondary N) is 1. The van der Waals surface area contributed by atoms with Crippen molar-refractivity contribution >= 4 is 17.2 Å². The van der Waals surface area contributed by atoms with Crippen LogP contribution in [0.15, 0.2) is 18.5 Å². The molecule has 2 heterocycles. The molecule has 1 N–H and O–H groups in total.